The van der Waals surface area contributed by atoms with Gasteiger partial charge in [-0.2, -0.15) is 4.98 Å². The third kappa shape index (κ3) is 5.35. The number of hydrogen-bond donors (Lipinski definition) is 0. The molecule has 0 amide bonds. The number of morpholine rings is 1. The Hall–Kier alpha value is -1.96. The first-order valence-electron chi connectivity index (χ1n) is 10.7. The summed E-state index contributed by atoms with van der Waals surface area (Å²) in [5, 5.41) is 4.15. The first-order chi connectivity index (χ1) is 14.1. The summed E-state index contributed by atoms with van der Waals surface area (Å²) in [6.07, 6.45) is 3.12. The van der Waals surface area contributed by atoms with Crippen LogP contribution in [0.3, 0.4) is 0 Å². The number of rotatable bonds is 6. The van der Waals surface area contributed by atoms with Gasteiger partial charge in [-0.15, -0.1) is 0 Å². The molecular weight excluding hydrogens is 368 g/mol. The Balaban J connectivity index is 1.26. The highest BCUT2D eigenvalue weighted by molar-refractivity contribution is 5.56. The Kier molecular flexibility index (Phi) is 6.47. The molecule has 0 bridgehead atoms. The lowest BCUT2D eigenvalue weighted by Crippen LogP contribution is -2.48. The number of aromatic nitrogens is 2. The molecule has 3 heterocycles. The predicted molar refractivity (Wildman–Crippen MR) is 111 cm³/mol. The molecule has 2 saturated heterocycles. The van der Waals surface area contributed by atoms with E-state index in [1.165, 1.54) is 19.4 Å². The molecule has 2 atom stereocenters. The molecule has 4 rings (SSSR count). The van der Waals surface area contributed by atoms with Crippen LogP contribution in [0.5, 0.6) is 5.75 Å². The highest BCUT2D eigenvalue weighted by Crippen LogP contribution is 2.24. The quantitative estimate of drug-likeness (QED) is 0.738. The lowest BCUT2D eigenvalue weighted by atomic mass is 9.95. The maximum Gasteiger partial charge on any atom is 0.241 e. The van der Waals surface area contributed by atoms with Crippen molar-refractivity contribution in [3.63, 3.8) is 0 Å². The predicted octanol–water partition coefficient (Wildman–Crippen LogP) is 3.07. The lowest BCUT2D eigenvalue weighted by molar-refractivity contribution is -0.0732. The fraction of sp³-hybridized carbons (Fsp3) is 0.636. The average molecular weight is 401 g/mol. The molecule has 2 aliphatic rings. The normalized spacial score (nSPS) is 24.7. The minimum Gasteiger partial charge on any atom is -0.497 e. The van der Waals surface area contributed by atoms with Crippen molar-refractivity contribution in [2.24, 2.45) is 5.92 Å². The van der Waals surface area contributed by atoms with E-state index in [9.17, 15) is 0 Å². The highest BCUT2D eigenvalue weighted by atomic mass is 16.5. The van der Waals surface area contributed by atoms with E-state index in [1.807, 2.05) is 24.3 Å². The van der Waals surface area contributed by atoms with Crippen LogP contribution in [0.1, 0.15) is 32.6 Å². The van der Waals surface area contributed by atoms with Gasteiger partial charge in [0, 0.05) is 25.2 Å². The molecule has 0 aliphatic carbocycles. The van der Waals surface area contributed by atoms with Crippen LogP contribution in [0.2, 0.25) is 0 Å². The summed E-state index contributed by atoms with van der Waals surface area (Å²) in [4.78, 5) is 9.58. The average Bonchev–Trinajstić information content (AvgIpc) is 3.17. The monoisotopic (exact) mass is 400 g/mol. The van der Waals surface area contributed by atoms with Crippen molar-refractivity contribution in [1.82, 2.24) is 19.9 Å². The Labute approximate surface area is 173 Å². The van der Waals surface area contributed by atoms with Gasteiger partial charge in [0.05, 0.1) is 25.9 Å². The first-order valence-corrected chi connectivity index (χ1v) is 10.7. The Bertz CT molecular complexity index is 778. The number of piperidine rings is 1. The molecule has 1 aromatic carbocycles. The van der Waals surface area contributed by atoms with Gasteiger partial charge in [0.25, 0.3) is 0 Å². The minimum absolute atomic E-state index is 0.343. The summed E-state index contributed by atoms with van der Waals surface area (Å²) in [7, 11) is 1.66. The van der Waals surface area contributed by atoms with Crippen molar-refractivity contribution in [3.8, 4) is 17.1 Å². The van der Waals surface area contributed by atoms with Gasteiger partial charge in [-0.3, -0.25) is 9.80 Å². The van der Waals surface area contributed by atoms with Gasteiger partial charge in [0.2, 0.25) is 11.7 Å². The molecule has 2 unspecified atom stereocenters. The fourth-order valence-corrected chi connectivity index (χ4v) is 4.52. The largest absolute Gasteiger partial charge is 0.497 e. The van der Waals surface area contributed by atoms with Crippen molar-refractivity contribution in [1.29, 1.82) is 0 Å². The van der Waals surface area contributed by atoms with Gasteiger partial charge in [-0.25, -0.2) is 0 Å². The second-order valence-electron chi connectivity index (χ2n) is 8.44. The third-order valence-corrected chi connectivity index (χ3v) is 5.87. The topological polar surface area (TPSA) is 63.9 Å². The van der Waals surface area contributed by atoms with E-state index in [0.29, 0.717) is 23.9 Å². The molecule has 2 fully saturated rings. The Morgan fingerprint density at radius 3 is 2.59 bits per heavy atom. The number of ether oxygens (including phenoxy) is 2. The van der Waals surface area contributed by atoms with E-state index < -0.39 is 0 Å². The molecule has 0 spiro atoms. The zero-order valence-corrected chi connectivity index (χ0v) is 17.7. The van der Waals surface area contributed by atoms with Gasteiger partial charge in [0.1, 0.15) is 5.75 Å². The van der Waals surface area contributed by atoms with Crippen LogP contribution in [0.4, 0.5) is 0 Å². The van der Waals surface area contributed by atoms with Crippen LogP contribution >= 0.6 is 0 Å². The summed E-state index contributed by atoms with van der Waals surface area (Å²) in [6.45, 7) is 10.5. The molecule has 0 N–H and O–H groups in total. The first kappa shape index (κ1) is 20.3. The van der Waals surface area contributed by atoms with Gasteiger partial charge in [-0.05, 0) is 57.8 Å². The van der Waals surface area contributed by atoms with E-state index in [-0.39, 0.29) is 0 Å². The summed E-state index contributed by atoms with van der Waals surface area (Å²) < 4.78 is 16.6. The Morgan fingerprint density at radius 1 is 1.10 bits per heavy atom. The highest BCUT2D eigenvalue weighted by Gasteiger charge is 2.27. The zero-order valence-electron chi connectivity index (χ0n) is 17.7. The number of benzene rings is 1. The molecule has 29 heavy (non-hydrogen) atoms. The van der Waals surface area contributed by atoms with E-state index in [4.69, 9.17) is 14.0 Å². The third-order valence-electron chi connectivity index (χ3n) is 5.87. The minimum atomic E-state index is 0.343. The van der Waals surface area contributed by atoms with Crippen LogP contribution < -0.4 is 4.74 Å². The van der Waals surface area contributed by atoms with E-state index in [1.54, 1.807) is 7.11 Å². The maximum atomic E-state index is 5.86. The van der Waals surface area contributed by atoms with Gasteiger partial charge < -0.3 is 14.0 Å². The molecule has 1 aromatic heterocycles. The molecular formula is C22H32N4O3. The van der Waals surface area contributed by atoms with Crippen LogP contribution in [-0.2, 0) is 11.3 Å². The van der Waals surface area contributed by atoms with Gasteiger partial charge in [-0.1, -0.05) is 17.3 Å². The van der Waals surface area contributed by atoms with E-state index in [0.717, 1.165) is 50.0 Å². The summed E-state index contributed by atoms with van der Waals surface area (Å²) >= 11 is 0. The SMILES string of the molecule is COc1cccc(-c2noc(CN3CCC(CN4CC(C)OC(C)C4)CC3)n2)c1. The zero-order chi connectivity index (χ0) is 20.2. The van der Waals surface area contributed by atoms with Crippen molar-refractivity contribution >= 4 is 0 Å². The second-order valence-corrected chi connectivity index (χ2v) is 8.44. The maximum absolute atomic E-state index is 5.86. The van der Waals surface area contributed by atoms with Crippen molar-refractivity contribution in [3.05, 3.63) is 30.2 Å². The van der Waals surface area contributed by atoms with E-state index >= 15 is 0 Å². The van der Waals surface area contributed by atoms with Crippen molar-refractivity contribution in [2.75, 3.05) is 39.8 Å². The Morgan fingerprint density at radius 2 is 1.86 bits per heavy atom. The van der Waals surface area contributed by atoms with Gasteiger partial charge >= 0.3 is 0 Å². The number of nitrogens with zero attached hydrogens (tertiary/aromatic N) is 4. The summed E-state index contributed by atoms with van der Waals surface area (Å²) in [6, 6.07) is 7.74. The van der Waals surface area contributed by atoms with Crippen LogP contribution in [0, 0.1) is 5.92 Å². The molecule has 2 aromatic rings. The second kappa shape index (κ2) is 9.24. The molecule has 0 saturated carbocycles. The van der Waals surface area contributed by atoms with Crippen molar-refractivity contribution < 1.29 is 14.0 Å². The summed E-state index contributed by atoms with van der Waals surface area (Å²) in [5.74, 6) is 2.85. The smallest absolute Gasteiger partial charge is 0.241 e. The van der Waals surface area contributed by atoms with Crippen LogP contribution in [0.25, 0.3) is 11.4 Å². The molecule has 7 heteroatoms. The number of hydrogen-bond acceptors (Lipinski definition) is 7. The standard InChI is InChI=1S/C22H32N4O3/c1-16-12-26(13-17(2)28-16)14-18-7-9-25(10-8-18)15-21-23-22(24-29-21)19-5-4-6-20(11-19)27-3/h4-6,11,16-18H,7-10,12-15H2,1-3H3. The van der Waals surface area contributed by atoms with Crippen molar-refractivity contribution in [2.45, 2.75) is 45.4 Å². The summed E-state index contributed by atoms with van der Waals surface area (Å²) in [5.41, 5.74) is 0.909. The lowest BCUT2D eigenvalue weighted by Gasteiger charge is -2.39. The fourth-order valence-electron chi connectivity index (χ4n) is 4.52. The molecule has 2 aliphatic heterocycles. The van der Waals surface area contributed by atoms with Crippen LogP contribution in [0.15, 0.2) is 28.8 Å². The van der Waals surface area contributed by atoms with Crippen LogP contribution in [-0.4, -0.2) is 72.0 Å². The van der Waals surface area contributed by atoms with E-state index in [2.05, 4.69) is 33.8 Å². The molecule has 158 valence electrons. The molecule has 7 nitrogen and oxygen atoms in total. The number of methoxy groups -OCH3 is 1. The number of likely N-dealkylation sites (tertiary alicyclic amines) is 1. The molecule has 0 radical (unpaired) electrons. The van der Waals surface area contributed by atoms with Gasteiger partial charge in [0.15, 0.2) is 0 Å².